The summed E-state index contributed by atoms with van der Waals surface area (Å²) in [5.74, 6) is 0.241. The monoisotopic (exact) mass is 229 g/mol. The summed E-state index contributed by atoms with van der Waals surface area (Å²) in [6.07, 6.45) is -0.0995. The molecule has 0 aromatic carbocycles. The van der Waals surface area contributed by atoms with Crippen molar-refractivity contribution in [2.75, 3.05) is 6.54 Å². The standard InChI is InChI=1S/C12H23NO3/c1-8(2)10-9(14)6-7-13(10)11(15)16-12(3,4)5/h8-10,14H,6-7H2,1-5H3/t9?,10-/m0/s1. The van der Waals surface area contributed by atoms with E-state index < -0.39 is 11.7 Å². The zero-order valence-corrected chi connectivity index (χ0v) is 10.9. The number of hydrogen-bond donors (Lipinski definition) is 1. The average Bonchev–Trinajstić information content (AvgIpc) is 2.43. The summed E-state index contributed by atoms with van der Waals surface area (Å²) in [7, 11) is 0. The molecule has 1 aliphatic rings. The Morgan fingerprint density at radius 2 is 2.00 bits per heavy atom. The van der Waals surface area contributed by atoms with Crippen molar-refractivity contribution < 1.29 is 14.6 Å². The van der Waals surface area contributed by atoms with Crippen LogP contribution < -0.4 is 0 Å². The summed E-state index contributed by atoms with van der Waals surface area (Å²) < 4.78 is 5.33. The highest BCUT2D eigenvalue weighted by Crippen LogP contribution is 2.26. The molecule has 0 radical (unpaired) electrons. The molecule has 1 rings (SSSR count). The summed E-state index contributed by atoms with van der Waals surface area (Å²) in [6.45, 7) is 10.2. The molecule has 1 amide bonds. The quantitative estimate of drug-likeness (QED) is 0.748. The highest BCUT2D eigenvalue weighted by Gasteiger charge is 2.39. The zero-order chi connectivity index (χ0) is 12.5. The summed E-state index contributed by atoms with van der Waals surface area (Å²) >= 11 is 0. The summed E-state index contributed by atoms with van der Waals surface area (Å²) in [6, 6.07) is -0.116. The van der Waals surface area contributed by atoms with Gasteiger partial charge in [-0.25, -0.2) is 4.79 Å². The van der Waals surface area contributed by atoms with Crippen molar-refractivity contribution in [1.82, 2.24) is 4.90 Å². The summed E-state index contributed by atoms with van der Waals surface area (Å²) in [4.78, 5) is 13.6. The van der Waals surface area contributed by atoms with Crippen molar-refractivity contribution in [3.63, 3.8) is 0 Å². The number of likely N-dealkylation sites (tertiary alicyclic amines) is 1. The van der Waals surface area contributed by atoms with Crippen LogP contribution in [0.3, 0.4) is 0 Å². The van der Waals surface area contributed by atoms with Crippen LogP contribution in [0.5, 0.6) is 0 Å². The van der Waals surface area contributed by atoms with Gasteiger partial charge in [0.25, 0.3) is 0 Å². The van der Waals surface area contributed by atoms with E-state index in [1.807, 2.05) is 34.6 Å². The Hall–Kier alpha value is -0.770. The topological polar surface area (TPSA) is 49.8 Å². The smallest absolute Gasteiger partial charge is 0.410 e. The van der Waals surface area contributed by atoms with Crippen LogP contribution in [0.1, 0.15) is 41.0 Å². The van der Waals surface area contributed by atoms with Crippen molar-refractivity contribution in [2.24, 2.45) is 5.92 Å². The summed E-state index contributed by atoms with van der Waals surface area (Å²) in [5, 5.41) is 9.83. The van der Waals surface area contributed by atoms with Crippen LogP contribution in [0.15, 0.2) is 0 Å². The lowest BCUT2D eigenvalue weighted by atomic mass is 10.00. The molecule has 0 aromatic rings. The number of nitrogens with zero attached hydrogens (tertiary/aromatic N) is 1. The predicted octanol–water partition coefficient (Wildman–Crippen LogP) is 2.01. The highest BCUT2D eigenvalue weighted by molar-refractivity contribution is 5.69. The largest absolute Gasteiger partial charge is 0.444 e. The first-order valence-corrected chi connectivity index (χ1v) is 5.90. The van der Waals surface area contributed by atoms with Crippen LogP contribution >= 0.6 is 0 Å². The maximum Gasteiger partial charge on any atom is 0.410 e. The number of aliphatic hydroxyl groups excluding tert-OH is 1. The van der Waals surface area contributed by atoms with E-state index >= 15 is 0 Å². The van der Waals surface area contributed by atoms with Crippen LogP contribution in [0.4, 0.5) is 4.79 Å². The summed E-state index contributed by atoms with van der Waals surface area (Å²) in [5.41, 5.74) is -0.480. The molecule has 4 heteroatoms. The third-order valence-corrected chi connectivity index (χ3v) is 2.73. The van der Waals surface area contributed by atoms with Crippen molar-refractivity contribution in [2.45, 2.75) is 58.8 Å². The number of rotatable bonds is 1. The number of amides is 1. The second-order valence-corrected chi connectivity index (χ2v) is 5.76. The van der Waals surface area contributed by atoms with Gasteiger partial charge in [-0.1, -0.05) is 13.8 Å². The molecule has 1 saturated heterocycles. The van der Waals surface area contributed by atoms with Crippen molar-refractivity contribution in [3.8, 4) is 0 Å². The molecule has 2 atom stereocenters. The first-order valence-electron chi connectivity index (χ1n) is 5.90. The molecule has 0 saturated carbocycles. The number of carbonyl (C=O) groups excluding carboxylic acids is 1. The van der Waals surface area contributed by atoms with Crippen molar-refractivity contribution in [3.05, 3.63) is 0 Å². The van der Waals surface area contributed by atoms with Crippen LogP contribution in [0.25, 0.3) is 0 Å². The van der Waals surface area contributed by atoms with E-state index in [2.05, 4.69) is 0 Å². The van der Waals surface area contributed by atoms with Gasteiger partial charge >= 0.3 is 6.09 Å². The molecule has 94 valence electrons. The van der Waals surface area contributed by atoms with E-state index in [4.69, 9.17) is 4.74 Å². The van der Waals surface area contributed by atoms with E-state index in [1.54, 1.807) is 4.90 Å². The molecule has 1 heterocycles. The average molecular weight is 229 g/mol. The Morgan fingerprint density at radius 3 is 2.44 bits per heavy atom. The maximum absolute atomic E-state index is 11.9. The molecule has 16 heavy (non-hydrogen) atoms. The van der Waals surface area contributed by atoms with E-state index in [0.29, 0.717) is 13.0 Å². The minimum absolute atomic E-state index is 0.116. The number of hydrogen-bond acceptors (Lipinski definition) is 3. The van der Waals surface area contributed by atoms with Crippen LogP contribution in [-0.4, -0.2) is 40.4 Å². The van der Waals surface area contributed by atoms with Gasteiger partial charge in [-0.2, -0.15) is 0 Å². The molecule has 4 nitrogen and oxygen atoms in total. The lowest BCUT2D eigenvalue weighted by molar-refractivity contribution is 0.00892. The molecule has 1 fully saturated rings. The highest BCUT2D eigenvalue weighted by atomic mass is 16.6. The first kappa shape index (κ1) is 13.3. The third kappa shape index (κ3) is 3.11. The van der Waals surface area contributed by atoms with Gasteiger partial charge < -0.3 is 14.7 Å². The van der Waals surface area contributed by atoms with E-state index in [9.17, 15) is 9.90 Å². The molecular weight excluding hydrogens is 206 g/mol. The number of aliphatic hydroxyl groups is 1. The van der Waals surface area contributed by atoms with Gasteiger partial charge in [-0.15, -0.1) is 0 Å². The van der Waals surface area contributed by atoms with Gasteiger partial charge in [-0.3, -0.25) is 0 Å². The third-order valence-electron chi connectivity index (χ3n) is 2.73. The van der Waals surface area contributed by atoms with Gasteiger partial charge in [0.2, 0.25) is 0 Å². The van der Waals surface area contributed by atoms with Crippen molar-refractivity contribution >= 4 is 6.09 Å². The maximum atomic E-state index is 11.9. The molecule has 0 spiro atoms. The van der Waals surface area contributed by atoms with Gasteiger partial charge in [0, 0.05) is 6.54 Å². The molecular formula is C12H23NO3. The molecule has 1 N–H and O–H groups in total. The molecule has 1 aliphatic heterocycles. The molecule has 1 unspecified atom stereocenters. The predicted molar refractivity (Wildman–Crippen MR) is 62.2 cm³/mol. The lowest BCUT2D eigenvalue weighted by Gasteiger charge is -2.31. The van der Waals surface area contributed by atoms with Crippen molar-refractivity contribution in [1.29, 1.82) is 0 Å². The fraction of sp³-hybridized carbons (Fsp3) is 0.917. The lowest BCUT2D eigenvalue weighted by Crippen LogP contribution is -2.45. The fourth-order valence-corrected chi connectivity index (χ4v) is 2.14. The van der Waals surface area contributed by atoms with Gasteiger partial charge in [-0.05, 0) is 33.1 Å². The van der Waals surface area contributed by atoms with Crippen LogP contribution in [0.2, 0.25) is 0 Å². The van der Waals surface area contributed by atoms with Gasteiger partial charge in [0.05, 0.1) is 12.1 Å². The Morgan fingerprint density at radius 1 is 1.44 bits per heavy atom. The SMILES string of the molecule is CC(C)[C@H]1C(O)CCN1C(=O)OC(C)(C)C. The Bertz CT molecular complexity index is 257. The van der Waals surface area contributed by atoms with E-state index in [-0.39, 0.29) is 18.1 Å². The normalized spacial score (nSPS) is 26.3. The van der Waals surface area contributed by atoms with E-state index in [1.165, 1.54) is 0 Å². The second-order valence-electron chi connectivity index (χ2n) is 5.76. The van der Waals surface area contributed by atoms with Crippen LogP contribution in [-0.2, 0) is 4.74 Å². The minimum Gasteiger partial charge on any atom is -0.444 e. The van der Waals surface area contributed by atoms with E-state index in [0.717, 1.165) is 0 Å². The molecule has 0 aromatic heterocycles. The first-order chi connectivity index (χ1) is 7.22. The second kappa shape index (κ2) is 4.62. The van der Waals surface area contributed by atoms with Gasteiger partial charge in [0.15, 0.2) is 0 Å². The number of ether oxygens (including phenoxy) is 1. The fourth-order valence-electron chi connectivity index (χ4n) is 2.14. The Kier molecular flexibility index (Phi) is 3.84. The number of carbonyl (C=O) groups is 1. The minimum atomic E-state index is -0.480. The molecule has 0 aliphatic carbocycles. The zero-order valence-electron chi connectivity index (χ0n) is 10.9. The Labute approximate surface area is 97.6 Å². The van der Waals surface area contributed by atoms with Gasteiger partial charge in [0.1, 0.15) is 5.60 Å². The van der Waals surface area contributed by atoms with Crippen LogP contribution in [0, 0.1) is 5.92 Å². The Balaban J connectivity index is 2.69. The molecule has 0 bridgehead atoms.